The molecule has 1 aromatic carbocycles. The van der Waals surface area contributed by atoms with Crippen molar-refractivity contribution in [2.24, 2.45) is 0 Å². The zero-order valence-electron chi connectivity index (χ0n) is 12.2. The van der Waals surface area contributed by atoms with Crippen LogP contribution in [0, 0.1) is 0 Å². The van der Waals surface area contributed by atoms with Crippen LogP contribution in [0.4, 0.5) is 0 Å². The molecule has 108 valence electrons. The lowest BCUT2D eigenvalue weighted by Gasteiger charge is -2.45. The van der Waals surface area contributed by atoms with Gasteiger partial charge in [-0.2, -0.15) is 0 Å². The molecule has 3 fully saturated rings. The van der Waals surface area contributed by atoms with Crippen LogP contribution in [0.1, 0.15) is 50.5 Å². The van der Waals surface area contributed by atoms with Crippen molar-refractivity contribution in [2.75, 3.05) is 13.1 Å². The molecule has 1 aromatic rings. The van der Waals surface area contributed by atoms with Crippen LogP contribution in [0.15, 0.2) is 30.3 Å². The lowest BCUT2D eigenvalue weighted by Crippen LogP contribution is -2.58. The van der Waals surface area contributed by atoms with E-state index in [2.05, 4.69) is 35.6 Å². The van der Waals surface area contributed by atoms with Gasteiger partial charge in [0.25, 0.3) is 0 Å². The summed E-state index contributed by atoms with van der Waals surface area (Å²) in [5, 5.41) is 3.48. The third-order valence-corrected chi connectivity index (χ3v) is 5.78. The maximum Gasteiger partial charge on any atom is 0.0687 e. The fourth-order valence-electron chi connectivity index (χ4n) is 4.55. The van der Waals surface area contributed by atoms with Gasteiger partial charge >= 0.3 is 0 Å². The van der Waals surface area contributed by atoms with Crippen LogP contribution < -0.4 is 5.32 Å². The average molecular weight is 271 g/mol. The van der Waals surface area contributed by atoms with Gasteiger partial charge < -0.3 is 10.1 Å². The van der Waals surface area contributed by atoms with Crippen molar-refractivity contribution in [1.82, 2.24) is 5.32 Å². The number of benzene rings is 1. The Morgan fingerprint density at radius 2 is 1.80 bits per heavy atom. The number of ether oxygens (including phenoxy) is 1. The summed E-state index contributed by atoms with van der Waals surface area (Å²) in [6.45, 7) is 2.23. The van der Waals surface area contributed by atoms with E-state index < -0.39 is 0 Å². The molecule has 2 nitrogen and oxygen atoms in total. The van der Waals surface area contributed by atoms with Crippen molar-refractivity contribution in [3.63, 3.8) is 0 Å². The van der Waals surface area contributed by atoms with Crippen molar-refractivity contribution >= 4 is 0 Å². The van der Waals surface area contributed by atoms with E-state index in [-0.39, 0.29) is 5.60 Å². The Bertz CT molecular complexity index is 460. The highest BCUT2D eigenvalue weighted by Gasteiger charge is 2.47. The molecule has 1 atom stereocenters. The van der Waals surface area contributed by atoms with Gasteiger partial charge in [0.05, 0.1) is 11.7 Å². The summed E-state index contributed by atoms with van der Waals surface area (Å²) in [5.41, 5.74) is 2.10. The number of nitrogens with one attached hydrogen (secondary N) is 1. The maximum atomic E-state index is 6.54. The first-order chi connectivity index (χ1) is 9.80. The first kappa shape index (κ1) is 12.8. The molecule has 1 spiro atoms. The molecular weight excluding hydrogens is 246 g/mol. The Balaban J connectivity index is 1.48. The second-order valence-electron chi connectivity index (χ2n) is 7.12. The molecule has 2 heteroatoms. The lowest BCUT2D eigenvalue weighted by molar-refractivity contribution is -0.0501. The van der Waals surface area contributed by atoms with Crippen LogP contribution in [0.5, 0.6) is 0 Å². The summed E-state index contributed by atoms with van der Waals surface area (Å²) in [5.74, 6) is 0. The molecule has 1 unspecified atom stereocenters. The quantitative estimate of drug-likeness (QED) is 0.909. The largest absolute Gasteiger partial charge is 0.372 e. The van der Waals surface area contributed by atoms with E-state index >= 15 is 0 Å². The summed E-state index contributed by atoms with van der Waals surface area (Å²) in [7, 11) is 0. The van der Waals surface area contributed by atoms with Crippen LogP contribution in [0.2, 0.25) is 0 Å². The van der Waals surface area contributed by atoms with E-state index in [1.807, 2.05) is 0 Å². The second-order valence-corrected chi connectivity index (χ2v) is 7.12. The Kier molecular flexibility index (Phi) is 3.12. The molecule has 4 rings (SSSR count). The van der Waals surface area contributed by atoms with Crippen LogP contribution in [0.3, 0.4) is 0 Å². The molecule has 0 radical (unpaired) electrons. The number of rotatable bonds is 3. The highest BCUT2D eigenvalue weighted by atomic mass is 16.5. The molecule has 0 aromatic heterocycles. The zero-order chi connectivity index (χ0) is 13.5. The van der Waals surface area contributed by atoms with Gasteiger partial charge in [-0.25, -0.2) is 0 Å². The van der Waals surface area contributed by atoms with Crippen molar-refractivity contribution < 1.29 is 4.74 Å². The molecular formula is C18H25NO. The van der Waals surface area contributed by atoms with E-state index in [0.717, 1.165) is 13.1 Å². The van der Waals surface area contributed by atoms with Crippen LogP contribution in [-0.4, -0.2) is 24.8 Å². The summed E-state index contributed by atoms with van der Waals surface area (Å²) >= 11 is 0. The molecule has 3 aliphatic rings. The van der Waals surface area contributed by atoms with Crippen molar-refractivity contribution in [1.29, 1.82) is 0 Å². The summed E-state index contributed by atoms with van der Waals surface area (Å²) in [4.78, 5) is 0. The molecule has 2 saturated heterocycles. The SMILES string of the molecule is c1ccc(C2(CC3CCC4(CCCC4)O3)CNC2)cc1. The Morgan fingerprint density at radius 3 is 2.45 bits per heavy atom. The van der Waals surface area contributed by atoms with Gasteiger partial charge in [0.1, 0.15) is 0 Å². The second kappa shape index (κ2) is 4.85. The monoisotopic (exact) mass is 271 g/mol. The molecule has 1 aliphatic carbocycles. The third-order valence-electron chi connectivity index (χ3n) is 5.78. The molecule has 2 heterocycles. The Morgan fingerprint density at radius 1 is 1.05 bits per heavy atom. The molecule has 0 bridgehead atoms. The lowest BCUT2D eigenvalue weighted by atomic mass is 9.71. The predicted octanol–water partition coefficient (Wildman–Crippen LogP) is 3.41. The molecule has 20 heavy (non-hydrogen) atoms. The van der Waals surface area contributed by atoms with Crippen LogP contribution in [0.25, 0.3) is 0 Å². The minimum Gasteiger partial charge on any atom is -0.372 e. The maximum absolute atomic E-state index is 6.54. The van der Waals surface area contributed by atoms with Gasteiger partial charge in [0.2, 0.25) is 0 Å². The third kappa shape index (κ3) is 2.10. The molecule has 1 saturated carbocycles. The Hall–Kier alpha value is -0.860. The fraction of sp³-hybridized carbons (Fsp3) is 0.667. The smallest absolute Gasteiger partial charge is 0.0687 e. The first-order valence-electron chi connectivity index (χ1n) is 8.25. The van der Waals surface area contributed by atoms with Gasteiger partial charge in [-0.1, -0.05) is 43.2 Å². The van der Waals surface area contributed by atoms with Gasteiger partial charge in [-0.15, -0.1) is 0 Å². The standard InChI is InChI=1S/C18H25NO/c1-2-6-15(7-3-1)17(13-19-14-17)12-16-8-11-18(20-16)9-4-5-10-18/h1-3,6-7,16,19H,4-5,8-14H2. The summed E-state index contributed by atoms with van der Waals surface area (Å²) in [6, 6.07) is 11.0. The normalized spacial score (nSPS) is 30.5. The first-order valence-corrected chi connectivity index (χ1v) is 8.25. The van der Waals surface area contributed by atoms with Gasteiger partial charge in [-0.05, 0) is 37.7 Å². The molecule has 0 amide bonds. The van der Waals surface area contributed by atoms with Gasteiger partial charge in [0, 0.05) is 18.5 Å². The average Bonchev–Trinajstić information content (AvgIpc) is 3.06. The topological polar surface area (TPSA) is 21.3 Å². The van der Waals surface area contributed by atoms with E-state index in [4.69, 9.17) is 4.74 Å². The highest BCUT2D eigenvalue weighted by Crippen LogP contribution is 2.46. The van der Waals surface area contributed by atoms with Gasteiger partial charge in [-0.3, -0.25) is 0 Å². The van der Waals surface area contributed by atoms with Crippen molar-refractivity contribution in [3.05, 3.63) is 35.9 Å². The van der Waals surface area contributed by atoms with E-state index in [9.17, 15) is 0 Å². The van der Waals surface area contributed by atoms with Crippen LogP contribution in [-0.2, 0) is 10.2 Å². The summed E-state index contributed by atoms with van der Waals surface area (Å²) < 4.78 is 6.54. The number of hydrogen-bond donors (Lipinski definition) is 1. The van der Waals surface area contributed by atoms with Crippen molar-refractivity contribution in [3.8, 4) is 0 Å². The predicted molar refractivity (Wildman–Crippen MR) is 80.9 cm³/mol. The summed E-state index contributed by atoms with van der Waals surface area (Å²) in [6.07, 6.45) is 9.61. The minimum absolute atomic E-state index is 0.278. The molecule has 1 N–H and O–H groups in total. The zero-order valence-corrected chi connectivity index (χ0v) is 12.2. The molecule has 2 aliphatic heterocycles. The highest BCUT2D eigenvalue weighted by molar-refractivity contribution is 5.30. The van der Waals surface area contributed by atoms with E-state index in [0.29, 0.717) is 11.5 Å². The number of hydrogen-bond acceptors (Lipinski definition) is 2. The van der Waals surface area contributed by atoms with Gasteiger partial charge in [0.15, 0.2) is 0 Å². The minimum atomic E-state index is 0.278. The van der Waals surface area contributed by atoms with E-state index in [1.54, 1.807) is 0 Å². The Labute approximate surface area is 121 Å². The van der Waals surface area contributed by atoms with Crippen molar-refractivity contribution in [2.45, 2.75) is 62.1 Å². The van der Waals surface area contributed by atoms with E-state index in [1.165, 1.54) is 50.5 Å². The fourth-order valence-corrected chi connectivity index (χ4v) is 4.55. The van der Waals surface area contributed by atoms with Crippen LogP contribution >= 0.6 is 0 Å².